The third-order valence-electron chi connectivity index (χ3n) is 1.18. The van der Waals surface area contributed by atoms with Crippen molar-refractivity contribution in [1.29, 1.82) is 5.26 Å². The van der Waals surface area contributed by atoms with Crippen LogP contribution < -0.4 is 5.73 Å². The lowest BCUT2D eigenvalue weighted by Crippen LogP contribution is -1.96. The van der Waals surface area contributed by atoms with E-state index in [1.165, 1.54) is 0 Å². The molecule has 48 valence electrons. The summed E-state index contributed by atoms with van der Waals surface area (Å²) in [5.41, 5.74) is 7.25. The first-order valence-electron chi connectivity index (χ1n) is 2.62. The molecule has 0 rings (SSSR count). The lowest BCUT2D eigenvalue weighted by Gasteiger charge is -1.96. The number of hydrogen-bond acceptors (Lipinski definition) is 2. The zero-order valence-corrected chi connectivity index (χ0v) is 5.73. The number of nitrogens with two attached hydrogens (primary N) is 1. The quantitative estimate of drug-likeness (QED) is 0.421. The molecule has 0 spiro atoms. The topological polar surface area (TPSA) is 49.8 Å². The standard InChI is InChI=1S/C7H10N2/c1-5(4-8)6(2)7(3)9/h1,9H2,2-3H3/b7-6-. The molecule has 9 heavy (non-hydrogen) atoms. The van der Waals surface area contributed by atoms with Crippen LogP contribution in [0.1, 0.15) is 13.8 Å². The van der Waals surface area contributed by atoms with Gasteiger partial charge in [-0.3, -0.25) is 0 Å². The highest BCUT2D eigenvalue weighted by molar-refractivity contribution is 5.39. The third kappa shape index (κ3) is 2.00. The second kappa shape index (κ2) is 2.93. The highest BCUT2D eigenvalue weighted by Crippen LogP contribution is 2.06. The fraction of sp³-hybridized carbons (Fsp3) is 0.286. The molecule has 0 atom stereocenters. The molecule has 2 heteroatoms. The molecular weight excluding hydrogens is 112 g/mol. The first kappa shape index (κ1) is 7.77. The van der Waals surface area contributed by atoms with Crippen LogP contribution in [-0.2, 0) is 0 Å². The maximum atomic E-state index is 8.31. The molecule has 0 heterocycles. The Hall–Kier alpha value is -1.23. The van der Waals surface area contributed by atoms with Gasteiger partial charge in [0.1, 0.15) is 0 Å². The molecule has 0 aliphatic carbocycles. The van der Waals surface area contributed by atoms with Crippen LogP contribution in [0, 0.1) is 11.3 Å². The highest BCUT2D eigenvalue weighted by Gasteiger charge is 1.95. The van der Waals surface area contributed by atoms with E-state index in [1.807, 2.05) is 6.07 Å². The molecule has 2 nitrogen and oxygen atoms in total. The molecule has 0 aromatic heterocycles. The van der Waals surface area contributed by atoms with Crippen molar-refractivity contribution in [2.45, 2.75) is 13.8 Å². The first-order valence-corrected chi connectivity index (χ1v) is 2.62. The molecule has 0 unspecified atom stereocenters. The van der Waals surface area contributed by atoms with Gasteiger partial charge in [-0.1, -0.05) is 6.58 Å². The van der Waals surface area contributed by atoms with Gasteiger partial charge in [-0.2, -0.15) is 5.26 Å². The van der Waals surface area contributed by atoms with Gasteiger partial charge >= 0.3 is 0 Å². The van der Waals surface area contributed by atoms with Crippen LogP contribution in [0.5, 0.6) is 0 Å². The lowest BCUT2D eigenvalue weighted by molar-refractivity contribution is 1.22. The van der Waals surface area contributed by atoms with E-state index in [2.05, 4.69) is 6.58 Å². The SMILES string of the molecule is C=C(C#N)/C(C)=C(/C)N. The van der Waals surface area contributed by atoms with E-state index in [1.54, 1.807) is 13.8 Å². The second-order valence-corrected chi connectivity index (χ2v) is 1.90. The number of hydrogen-bond donors (Lipinski definition) is 1. The fourth-order valence-electron chi connectivity index (χ4n) is 0.322. The van der Waals surface area contributed by atoms with Crippen LogP contribution in [0.15, 0.2) is 23.4 Å². The molecule has 0 bridgehead atoms. The summed E-state index contributed by atoms with van der Waals surface area (Å²) >= 11 is 0. The van der Waals surface area contributed by atoms with Crippen molar-refractivity contribution in [1.82, 2.24) is 0 Å². The Kier molecular flexibility index (Phi) is 2.53. The molecule has 0 aliphatic heterocycles. The molecule has 0 fully saturated rings. The summed E-state index contributed by atoms with van der Waals surface area (Å²) in [6.45, 7) is 7.02. The Morgan fingerprint density at radius 3 is 2.11 bits per heavy atom. The van der Waals surface area contributed by atoms with E-state index in [0.29, 0.717) is 11.3 Å². The summed E-state index contributed by atoms with van der Waals surface area (Å²) in [6.07, 6.45) is 0. The van der Waals surface area contributed by atoms with Crippen molar-refractivity contribution in [3.05, 3.63) is 23.4 Å². The van der Waals surface area contributed by atoms with Crippen molar-refractivity contribution < 1.29 is 0 Å². The van der Waals surface area contributed by atoms with Gasteiger partial charge in [0, 0.05) is 11.3 Å². The van der Waals surface area contributed by atoms with Gasteiger partial charge in [0.2, 0.25) is 0 Å². The van der Waals surface area contributed by atoms with Gasteiger partial charge in [0.25, 0.3) is 0 Å². The Morgan fingerprint density at radius 1 is 1.56 bits per heavy atom. The largest absolute Gasteiger partial charge is 0.402 e. The van der Waals surface area contributed by atoms with Crippen LogP contribution in [0.2, 0.25) is 0 Å². The van der Waals surface area contributed by atoms with Crippen molar-refractivity contribution in [2.24, 2.45) is 5.73 Å². The average Bonchev–Trinajstić information content (AvgIpc) is 1.84. The van der Waals surface area contributed by atoms with Crippen LogP contribution in [0.25, 0.3) is 0 Å². The zero-order valence-electron chi connectivity index (χ0n) is 5.73. The number of nitriles is 1. The molecule has 2 N–H and O–H groups in total. The van der Waals surface area contributed by atoms with E-state index >= 15 is 0 Å². The minimum atomic E-state index is 0.440. The summed E-state index contributed by atoms with van der Waals surface area (Å²) in [7, 11) is 0. The van der Waals surface area contributed by atoms with E-state index in [4.69, 9.17) is 11.0 Å². The molecule has 0 aliphatic rings. The van der Waals surface area contributed by atoms with E-state index in [9.17, 15) is 0 Å². The van der Waals surface area contributed by atoms with Gasteiger partial charge < -0.3 is 5.73 Å². The van der Waals surface area contributed by atoms with Crippen LogP contribution in [-0.4, -0.2) is 0 Å². The number of nitrogens with zero attached hydrogens (tertiary/aromatic N) is 1. The summed E-state index contributed by atoms with van der Waals surface area (Å²) in [5.74, 6) is 0. The Morgan fingerprint density at radius 2 is 2.00 bits per heavy atom. The first-order chi connectivity index (χ1) is 4.09. The van der Waals surface area contributed by atoms with Crippen molar-refractivity contribution in [2.75, 3.05) is 0 Å². The van der Waals surface area contributed by atoms with Gasteiger partial charge in [-0.25, -0.2) is 0 Å². The Bertz CT molecular complexity index is 189. The third-order valence-corrected chi connectivity index (χ3v) is 1.18. The molecule has 0 aromatic carbocycles. The molecular formula is C7H10N2. The molecule has 0 amide bonds. The van der Waals surface area contributed by atoms with Gasteiger partial charge in [0.05, 0.1) is 6.07 Å². The van der Waals surface area contributed by atoms with Crippen molar-refractivity contribution >= 4 is 0 Å². The van der Waals surface area contributed by atoms with E-state index < -0.39 is 0 Å². The Balaban J connectivity index is 4.45. The predicted octanol–water partition coefficient (Wildman–Crippen LogP) is 1.32. The maximum Gasteiger partial charge on any atom is 0.0988 e. The van der Waals surface area contributed by atoms with Gasteiger partial charge in [-0.15, -0.1) is 0 Å². The Labute approximate surface area is 55.3 Å². The number of rotatable bonds is 1. The normalized spacial score (nSPS) is 11.7. The molecule has 0 saturated carbocycles. The van der Waals surface area contributed by atoms with Crippen molar-refractivity contribution in [3.63, 3.8) is 0 Å². The maximum absolute atomic E-state index is 8.31. The minimum absolute atomic E-state index is 0.440. The second-order valence-electron chi connectivity index (χ2n) is 1.90. The summed E-state index contributed by atoms with van der Waals surface area (Å²) < 4.78 is 0. The number of allylic oxidation sites excluding steroid dienone is 3. The van der Waals surface area contributed by atoms with Gasteiger partial charge in [-0.05, 0) is 19.4 Å². The minimum Gasteiger partial charge on any atom is -0.402 e. The zero-order chi connectivity index (χ0) is 7.44. The lowest BCUT2D eigenvalue weighted by atomic mass is 10.1. The summed E-state index contributed by atoms with van der Waals surface area (Å²) in [4.78, 5) is 0. The average molecular weight is 122 g/mol. The monoisotopic (exact) mass is 122 g/mol. The van der Waals surface area contributed by atoms with Crippen LogP contribution in [0.3, 0.4) is 0 Å². The smallest absolute Gasteiger partial charge is 0.0988 e. The van der Waals surface area contributed by atoms with Crippen LogP contribution in [0.4, 0.5) is 0 Å². The van der Waals surface area contributed by atoms with Crippen molar-refractivity contribution in [3.8, 4) is 6.07 Å². The highest BCUT2D eigenvalue weighted by atomic mass is 14.6. The predicted molar refractivity (Wildman–Crippen MR) is 37.3 cm³/mol. The molecule has 0 aromatic rings. The molecule has 0 saturated heterocycles. The molecule has 0 radical (unpaired) electrons. The summed E-state index contributed by atoms with van der Waals surface area (Å²) in [5, 5.41) is 8.31. The van der Waals surface area contributed by atoms with E-state index in [-0.39, 0.29) is 0 Å². The van der Waals surface area contributed by atoms with Gasteiger partial charge in [0.15, 0.2) is 0 Å². The fourth-order valence-corrected chi connectivity index (χ4v) is 0.322. The van der Waals surface area contributed by atoms with E-state index in [0.717, 1.165) is 5.57 Å². The summed E-state index contributed by atoms with van der Waals surface area (Å²) in [6, 6.07) is 1.91. The van der Waals surface area contributed by atoms with Crippen LogP contribution >= 0.6 is 0 Å².